The molecular weight excluding hydrogens is 184 g/mol. The lowest BCUT2D eigenvalue weighted by Crippen LogP contribution is -2.15. The maximum atomic E-state index is 11.3. The predicted octanol–water partition coefficient (Wildman–Crippen LogP) is 0.597. The monoisotopic (exact) mass is 196 g/mol. The lowest BCUT2D eigenvalue weighted by Gasteiger charge is -2.02. The van der Waals surface area contributed by atoms with Crippen molar-refractivity contribution in [2.75, 3.05) is 7.05 Å². The molecule has 0 radical (unpaired) electrons. The molecule has 1 heterocycles. The van der Waals surface area contributed by atoms with Gasteiger partial charge in [0.1, 0.15) is 17.1 Å². The van der Waals surface area contributed by atoms with Gasteiger partial charge in [-0.2, -0.15) is 5.10 Å². The summed E-state index contributed by atoms with van der Waals surface area (Å²) in [6.45, 7) is 3.20. The molecular formula is C9H12N2O3. The highest BCUT2D eigenvalue weighted by Gasteiger charge is 2.12. The minimum Gasteiger partial charge on any atom is -0.507 e. The van der Waals surface area contributed by atoms with Crippen LogP contribution in [0.5, 0.6) is 5.75 Å². The number of hydrogen-bond acceptors (Lipinski definition) is 5. The van der Waals surface area contributed by atoms with Gasteiger partial charge >= 0.3 is 5.63 Å². The summed E-state index contributed by atoms with van der Waals surface area (Å²) in [4.78, 5) is 11.3. The van der Waals surface area contributed by atoms with E-state index in [1.54, 1.807) is 20.9 Å². The van der Waals surface area contributed by atoms with Crippen molar-refractivity contribution < 1.29 is 9.52 Å². The summed E-state index contributed by atoms with van der Waals surface area (Å²) in [5.41, 5.74) is 2.42. The molecule has 0 saturated carbocycles. The van der Waals surface area contributed by atoms with Crippen LogP contribution in [0.15, 0.2) is 20.4 Å². The third kappa shape index (κ3) is 1.93. The standard InChI is InChI=1S/C9H12N2O3/c1-5-4-7(12)8(9(13)14-5)6(2)11-10-3/h4,10,12H,1-3H3. The van der Waals surface area contributed by atoms with E-state index in [0.717, 1.165) is 0 Å². The molecule has 0 amide bonds. The van der Waals surface area contributed by atoms with Crippen LogP contribution < -0.4 is 11.1 Å². The van der Waals surface area contributed by atoms with Crippen molar-refractivity contribution in [2.24, 2.45) is 5.10 Å². The van der Waals surface area contributed by atoms with Crippen LogP contribution in [-0.2, 0) is 0 Å². The summed E-state index contributed by atoms with van der Waals surface area (Å²) in [5.74, 6) is 0.253. The first-order valence-electron chi connectivity index (χ1n) is 4.11. The Morgan fingerprint density at radius 2 is 2.29 bits per heavy atom. The van der Waals surface area contributed by atoms with E-state index >= 15 is 0 Å². The van der Waals surface area contributed by atoms with Gasteiger partial charge in [0.05, 0.1) is 5.71 Å². The van der Waals surface area contributed by atoms with Gasteiger partial charge in [0.25, 0.3) is 0 Å². The molecule has 2 N–H and O–H groups in total. The Labute approximate surface area is 81.1 Å². The fourth-order valence-electron chi connectivity index (χ4n) is 1.15. The summed E-state index contributed by atoms with van der Waals surface area (Å²) in [5, 5.41) is 13.3. The highest BCUT2D eigenvalue weighted by Crippen LogP contribution is 2.14. The molecule has 0 aliphatic heterocycles. The Morgan fingerprint density at radius 3 is 2.79 bits per heavy atom. The number of hydrazone groups is 1. The number of aryl methyl sites for hydroxylation is 1. The second-order valence-electron chi connectivity index (χ2n) is 2.83. The van der Waals surface area contributed by atoms with E-state index in [9.17, 15) is 9.90 Å². The first-order chi connectivity index (χ1) is 6.56. The van der Waals surface area contributed by atoms with Crippen molar-refractivity contribution in [1.82, 2.24) is 5.43 Å². The van der Waals surface area contributed by atoms with Crippen LogP contribution in [0.1, 0.15) is 18.2 Å². The van der Waals surface area contributed by atoms with Crippen molar-refractivity contribution in [3.8, 4) is 5.75 Å². The maximum Gasteiger partial charge on any atom is 0.348 e. The van der Waals surface area contributed by atoms with Crippen molar-refractivity contribution in [1.29, 1.82) is 0 Å². The van der Waals surface area contributed by atoms with E-state index < -0.39 is 5.63 Å². The van der Waals surface area contributed by atoms with E-state index in [0.29, 0.717) is 11.5 Å². The van der Waals surface area contributed by atoms with Crippen molar-refractivity contribution >= 4 is 5.71 Å². The van der Waals surface area contributed by atoms with Crippen LogP contribution in [0.2, 0.25) is 0 Å². The maximum absolute atomic E-state index is 11.3. The van der Waals surface area contributed by atoms with Gasteiger partial charge in [-0.15, -0.1) is 0 Å². The third-order valence-electron chi connectivity index (χ3n) is 1.70. The van der Waals surface area contributed by atoms with Gasteiger partial charge < -0.3 is 14.9 Å². The zero-order valence-corrected chi connectivity index (χ0v) is 8.29. The molecule has 0 aromatic carbocycles. The van der Waals surface area contributed by atoms with Gasteiger partial charge in [0, 0.05) is 13.1 Å². The molecule has 0 aliphatic carbocycles. The number of aromatic hydroxyl groups is 1. The molecule has 0 bridgehead atoms. The molecule has 5 heteroatoms. The van der Waals surface area contributed by atoms with Crippen molar-refractivity contribution in [2.45, 2.75) is 13.8 Å². The molecule has 5 nitrogen and oxygen atoms in total. The molecule has 1 rings (SSSR count). The molecule has 0 saturated heterocycles. The van der Waals surface area contributed by atoms with E-state index in [1.807, 2.05) is 0 Å². The molecule has 76 valence electrons. The molecule has 0 unspecified atom stereocenters. The molecule has 1 aromatic rings. The van der Waals surface area contributed by atoms with E-state index in [4.69, 9.17) is 4.42 Å². The number of hydrogen-bond donors (Lipinski definition) is 2. The smallest absolute Gasteiger partial charge is 0.348 e. The normalized spacial score (nSPS) is 11.5. The number of nitrogens with one attached hydrogen (secondary N) is 1. The second kappa shape index (κ2) is 3.95. The van der Waals surface area contributed by atoms with Gasteiger partial charge in [-0.1, -0.05) is 0 Å². The molecule has 0 atom stereocenters. The van der Waals surface area contributed by atoms with Crippen LogP contribution in [0.25, 0.3) is 0 Å². The van der Waals surface area contributed by atoms with Gasteiger partial charge in [-0.05, 0) is 13.8 Å². The Balaban J connectivity index is 3.35. The van der Waals surface area contributed by atoms with Crippen LogP contribution >= 0.6 is 0 Å². The van der Waals surface area contributed by atoms with Crippen molar-refractivity contribution in [3.05, 3.63) is 27.8 Å². The van der Waals surface area contributed by atoms with Gasteiger partial charge in [0.2, 0.25) is 0 Å². The molecule has 1 aromatic heterocycles. The Kier molecular flexibility index (Phi) is 2.91. The SMILES string of the molecule is CNN=C(C)c1c(O)cc(C)oc1=O. The Hall–Kier alpha value is -1.78. The average Bonchev–Trinajstić information content (AvgIpc) is 2.01. The van der Waals surface area contributed by atoms with Crippen molar-refractivity contribution in [3.63, 3.8) is 0 Å². The Morgan fingerprint density at radius 1 is 1.64 bits per heavy atom. The lowest BCUT2D eigenvalue weighted by atomic mass is 10.2. The van der Waals surface area contributed by atoms with Crippen LogP contribution in [0, 0.1) is 6.92 Å². The summed E-state index contributed by atoms with van der Waals surface area (Å²) in [7, 11) is 1.61. The highest BCUT2D eigenvalue weighted by molar-refractivity contribution is 6.00. The summed E-state index contributed by atoms with van der Waals surface area (Å²) < 4.78 is 4.83. The summed E-state index contributed by atoms with van der Waals surface area (Å²) in [6.07, 6.45) is 0. The third-order valence-corrected chi connectivity index (χ3v) is 1.70. The largest absolute Gasteiger partial charge is 0.507 e. The molecule has 0 aliphatic rings. The van der Waals surface area contributed by atoms with E-state index in [2.05, 4.69) is 10.5 Å². The van der Waals surface area contributed by atoms with Crippen LogP contribution in [0.4, 0.5) is 0 Å². The minimum atomic E-state index is -0.584. The van der Waals surface area contributed by atoms with Gasteiger partial charge in [-0.25, -0.2) is 4.79 Å². The van der Waals surface area contributed by atoms with Gasteiger partial charge in [-0.3, -0.25) is 0 Å². The van der Waals surface area contributed by atoms with E-state index in [-0.39, 0.29) is 11.3 Å². The predicted molar refractivity (Wildman–Crippen MR) is 52.7 cm³/mol. The molecule has 0 fully saturated rings. The van der Waals surface area contributed by atoms with E-state index in [1.165, 1.54) is 6.07 Å². The Bertz CT molecular complexity index is 421. The quantitative estimate of drug-likeness (QED) is 0.536. The fourth-order valence-corrected chi connectivity index (χ4v) is 1.15. The molecule has 0 spiro atoms. The lowest BCUT2D eigenvalue weighted by molar-refractivity contribution is 0.432. The second-order valence-corrected chi connectivity index (χ2v) is 2.83. The first-order valence-corrected chi connectivity index (χ1v) is 4.11. The van der Waals surface area contributed by atoms with Crippen LogP contribution in [0.3, 0.4) is 0 Å². The zero-order valence-electron chi connectivity index (χ0n) is 8.29. The number of nitrogens with zero attached hydrogens (tertiary/aromatic N) is 1. The minimum absolute atomic E-state index is 0.0879. The molecule has 14 heavy (non-hydrogen) atoms. The average molecular weight is 196 g/mol. The fraction of sp³-hybridized carbons (Fsp3) is 0.333. The summed E-state index contributed by atoms with van der Waals surface area (Å²) >= 11 is 0. The zero-order chi connectivity index (χ0) is 10.7. The summed E-state index contributed by atoms with van der Waals surface area (Å²) in [6, 6.07) is 1.38. The highest BCUT2D eigenvalue weighted by atomic mass is 16.4. The van der Waals surface area contributed by atoms with Crippen LogP contribution in [-0.4, -0.2) is 17.9 Å². The topological polar surface area (TPSA) is 74.8 Å². The number of rotatable bonds is 2. The van der Waals surface area contributed by atoms with Gasteiger partial charge in [0.15, 0.2) is 0 Å². The first kappa shape index (κ1) is 10.3.